The van der Waals surface area contributed by atoms with E-state index < -0.39 is 24.3 Å². The van der Waals surface area contributed by atoms with Crippen LogP contribution >= 0.6 is 11.8 Å². The molecule has 10 nitrogen and oxygen atoms in total. The number of carbonyl (C=O) groups is 3. The topological polar surface area (TPSA) is 135 Å². The first-order valence-corrected chi connectivity index (χ1v) is 18.2. The molecular weight excluding hydrogens is 669 g/mol. The predicted molar refractivity (Wildman–Crippen MR) is 193 cm³/mol. The highest BCUT2D eigenvalue weighted by Gasteiger charge is 2.40. The molecule has 0 aliphatic carbocycles. The summed E-state index contributed by atoms with van der Waals surface area (Å²) in [7, 11) is 0. The van der Waals surface area contributed by atoms with Gasteiger partial charge in [0.25, 0.3) is 5.91 Å². The highest BCUT2D eigenvalue weighted by molar-refractivity contribution is 7.99. The summed E-state index contributed by atoms with van der Waals surface area (Å²) in [6.07, 6.45) is -1.91. The zero-order valence-electron chi connectivity index (χ0n) is 28.4. The second kappa shape index (κ2) is 17.1. The van der Waals surface area contributed by atoms with Crippen LogP contribution in [-0.2, 0) is 43.6 Å². The first kappa shape index (κ1) is 36.3. The molecule has 3 N–H and O–H groups in total. The Morgan fingerprint density at radius 3 is 2.33 bits per heavy atom. The highest BCUT2D eigenvalue weighted by Crippen LogP contribution is 2.43. The van der Waals surface area contributed by atoms with Crippen molar-refractivity contribution in [1.29, 1.82) is 0 Å². The van der Waals surface area contributed by atoms with E-state index >= 15 is 0 Å². The Kier molecular flexibility index (Phi) is 12.2. The molecule has 2 aliphatic heterocycles. The number of aliphatic hydroxyl groups is 2. The van der Waals surface area contributed by atoms with Gasteiger partial charge in [0, 0.05) is 23.0 Å². The van der Waals surface area contributed by atoms with E-state index in [1.807, 2.05) is 103 Å². The summed E-state index contributed by atoms with van der Waals surface area (Å²) in [5.41, 5.74) is 6.05. The zero-order chi connectivity index (χ0) is 35.7. The first-order chi connectivity index (χ1) is 24.8. The van der Waals surface area contributed by atoms with Crippen LogP contribution in [0.3, 0.4) is 0 Å². The number of nitrogens with one attached hydrogen (secondary N) is 1. The van der Waals surface area contributed by atoms with E-state index in [1.165, 1.54) is 4.90 Å². The lowest BCUT2D eigenvalue weighted by Crippen LogP contribution is -2.41. The van der Waals surface area contributed by atoms with E-state index in [9.17, 15) is 24.6 Å². The van der Waals surface area contributed by atoms with Gasteiger partial charge in [0.15, 0.2) is 6.29 Å². The number of likely N-dealkylation sites (tertiary alicyclic amines) is 1. The second-order valence-electron chi connectivity index (χ2n) is 12.7. The molecule has 0 spiro atoms. The minimum atomic E-state index is -0.985. The molecule has 2 aliphatic rings. The lowest BCUT2D eigenvalue weighted by atomic mass is 9.91. The van der Waals surface area contributed by atoms with Gasteiger partial charge in [-0.1, -0.05) is 97.9 Å². The normalized spacial score (nSPS) is 21.9. The van der Waals surface area contributed by atoms with Gasteiger partial charge in [0.2, 0.25) is 5.91 Å². The Hall–Kier alpha value is -4.52. The SMILES string of the molecule is CC1C(CSCCO)OC(c2cccc(-c3cccc(CN4C(=O)CC(NC(=O)OCc5ccccc5)C4=O)c3)c2)OC1c1ccc(CO)cc1. The molecule has 0 bridgehead atoms. The van der Waals surface area contributed by atoms with Crippen molar-refractivity contribution in [2.75, 3.05) is 18.1 Å². The fourth-order valence-corrected chi connectivity index (χ4v) is 7.25. The third kappa shape index (κ3) is 9.05. The standard InChI is InChI=1S/C40H42N2O8S/c1-26-35(25-51-18-17-43)49-39(50-37(26)30-15-13-27(23-44)14-16-30)33-12-6-11-32(20-33)31-10-5-9-29(19-31)22-42-36(45)21-34(38(42)46)41-40(47)48-24-28-7-3-2-4-8-28/h2-16,19-20,26,34-35,37,39,43-44H,17-18,21-25H2,1H3,(H,41,47). The number of thioether (sulfide) groups is 1. The molecule has 51 heavy (non-hydrogen) atoms. The lowest BCUT2D eigenvalue weighted by molar-refractivity contribution is -0.268. The van der Waals surface area contributed by atoms with Gasteiger partial charge >= 0.3 is 6.09 Å². The average Bonchev–Trinajstić information content (AvgIpc) is 3.42. The van der Waals surface area contributed by atoms with Crippen LogP contribution in [0.4, 0.5) is 4.79 Å². The number of hydrogen-bond donors (Lipinski definition) is 3. The second-order valence-corrected chi connectivity index (χ2v) is 13.9. The number of nitrogens with zero attached hydrogens (tertiary/aromatic N) is 1. The van der Waals surface area contributed by atoms with Crippen molar-refractivity contribution in [1.82, 2.24) is 10.2 Å². The van der Waals surface area contributed by atoms with Gasteiger partial charge in [0.1, 0.15) is 12.6 Å². The Labute approximate surface area is 301 Å². The summed E-state index contributed by atoms with van der Waals surface area (Å²) in [5.74, 6) is 0.518. The van der Waals surface area contributed by atoms with E-state index in [-0.39, 0.29) is 56.8 Å². The molecule has 4 aromatic carbocycles. The quantitative estimate of drug-likeness (QED) is 0.114. The minimum absolute atomic E-state index is 0.0319. The molecule has 11 heteroatoms. The maximum Gasteiger partial charge on any atom is 0.408 e. The molecular formula is C40H42N2O8S. The Morgan fingerprint density at radius 2 is 1.59 bits per heavy atom. The Morgan fingerprint density at radius 1 is 0.863 bits per heavy atom. The van der Waals surface area contributed by atoms with E-state index in [4.69, 9.17) is 14.2 Å². The van der Waals surface area contributed by atoms with Crippen molar-refractivity contribution >= 4 is 29.7 Å². The molecule has 2 heterocycles. The van der Waals surface area contributed by atoms with Crippen LogP contribution in [0.1, 0.15) is 53.6 Å². The van der Waals surface area contributed by atoms with E-state index in [2.05, 4.69) is 12.2 Å². The predicted octanol–water partition coefficient (Wildman–Crippen LogP) is 5.92. The van der Waals surface area contributed by atoms with Crippen LogP contribution in [0.15, 0.2) is 103 Å². The number of amides is 3. The summed E-state index contributed by atoms with van der Waals surface area (Å²) in [6, 6.07) is 31.6. The van der Waals surface area contributed by atoms with Gasteiger partial charge in [-0.15, -0.1) is 0 Å². The maximum absolute atomic E-state index is 13.2. The van der Waals surface area contributed by atoms with Crippen molar-refractivity contribution < 1.29 is 38.8 Å². The third-order valence-corrected chi connectivity index (χ3v) is 10.2. The first-order valence-electron chi connectivity index (χ1n) is 17.0. The summed E-state index contributed by atoms with van der Waals surface area (Å²) in [5, 5.41) is 21.4. The molecule has 2 fully saturated rings. The summed E-state index contributed by atoms with van der Waals surface area (Å²) >= 11 is 1.64. The Bertz CT molecular complexity index is 1800. The number of hydrogen-bond acceptors (Lipinski definition) is 9. The summed E-state index contributed by atoms with van der Waals surface area (Å²) < 4.78 is 18.4. The van der Waals surface area contributed by atoms with Gasteiger partial charge < -0.3 is 29.7 Å². The fraction of sp³-hybridized carbons (Fsp3) is 0.325. The van der Waals surface area contributed by atoms with Crippen LogP contribution in [0.2, 0.25) is 0 Å². The number of carbonyl (C=O) groups excluding carboxylic acids is 3. The summed E-state index contributed by atoms with van der Waals surface area (Å²) in [6.45, 7) is 2.30. The molecule has 5 atom stereocenters. The molecule has 6 rings (SSSR count). The van der Waals surface area contributed by atoms with E-state index in [0.29, 0.717) is 11.5 Å². The van der Waals surface area contributed by atoms with Gasteiger partial charge in [-0.3, -0.25) is 14.5 Å². The van der Waals surface area contributed by atoms with Crippen LogP contribution in [0.25, 0.3) is 11.1 Å². The smallest absolute Gasteiger partial charge is 0.408 e. The minimum Gasteiger partial charge on any atom is -0.445 e. The molecule has 3 amide bonds. The van der Waals surface area contributed by atoms with E-state index in [1.54, 1.807) is 11.8 Å². The largest absolute Gasteiger partial charge is 0.445 e. The van der Waals surface area contributed by atoms with Crippen molar-refractivity contribution in [3.63, 3.8) is 0 Å². The van der Waals surface area contributed by atoms with E-state index in [0.717, 1.165) is 38.9 Å². The average molecular weight is 711 g/mol. The molecule has 0 aromatic heterocycles. The Balaban J connectivity index is 1.14. The highest BCUT2D eigenvalue weighted by atomic mass is 32.2. The number of benzene rings is 4. The fourth-order valence-electron chi connectivity index (χ4n) is 6.34. The summed E-state index contributed by atoms with van der Waals surface area (Å²) in [4.78, 5) is 39.6. The number of aliphatic hydroxyl groups excluding tert-OH is 2. The number of alkyl carbamates (subject to hydrolysis) is 1. The molecule has 5 unspecified atom stereocenters. The van der Waals surface area contributed by atoms with Crippen LogP contribution in [0, 0.1) is 5.92 Å². The number of imide groups is 1. The molecule has 0 radical (unpaired) electrons. The monoisotopic (exact) mass is 710 g/mol. The van der Waals surface area contributed by atoms with Crippen molar-refractivity contribution in [3.05, 3.63) is 131 Å². The molecule has 2 saturated heterocycles. The van der Waals surface area contributed by atoms with Gasteiger partial charge in [-0.25, -0.2) is 4.79 Å². The van der Waals surface area contributed by atoms with Crippen LogP contribution < -0.4 is 5.32 Å². The third-order valence-electron chi connectivity index (χ3n) is 9.15. The number of ether oxygens (including phenoxy) is 3. The van der Waals surface area contributed by atoms with Crippen molar-refractivity contribution in [3.8, 4) is 11.1 Å². The van der Waals surface area contributed by atoms with Crippen molar-refractivity contribution in [2.24, 2.45) is 5.92 Å². The molecule has 0 saturated carbocycles. The molecule has 266 valence electrons. The zero-order valence-corrected chi connectivity index (χ0v) is 29.2. The maximum atomic E-state index is 13.2. The van der Waals surface area contributed by atoms with Crippen molar-refractivity contribution in [2.45, 2.75) is 57.6 Å². The number of rotatable bonds is 13. The van der Waals surface area contributed by atoms with Crippen LogP contribution in [-0.4, -0.2) is 63.3 Å². The lowest BCUT2D eigenvalue weighted by Gasteiger charge is -2.41. The molecule has 4 aromatic rings. The van der Waals surface area contributed by atoms with Crippen LogP contribution in [0.5, 0.6) is 0 Å². The van der Waals surface area contributed by atoms with Gasteiger partial charge in [-0.2, -0.15) is 11.8 Å². The van der Waals surface area contributed by atoms with Gasteiger partial charge in [0.05, 0.1) is 38.4 Å². The van der Waals surface area contributed by atoms with Gasteiger partial charge in [-0.05, 0) is 45.5 Å².